The molecule has 0 radical (unpaired) electrons. The standard InChI is InChI=1S/C23H19F2NO3/c24-19-7-1-16(2-8-19)13-14-26-22(27)15-29-21-11-5-18(6-12-21)23(28)17-3-9-20(25)10-4-17/h1-12H,13-15H2,(H,26,27). The molecule has 29 heavy (non-hydrogen) atoms. The molecule has 0 heterocycles. The lowest BCUT2D eigenvalue weighted by Gasteiger charge is -2.08. The quantitative estimate of drug-likeness (QED) is 0.588. The van der Waals surface area contributed by atoms with Gasteiger partial charge < -0.3 is 10.1 Å². The van der Waals surface area contributed by atoms with Gasteiger partial charge in [-0.3, -0.25) is 9.59 Å². The molecule has 3 aromatic rings. The topological polar surface area (TPSA) is 55.4 Å². The van der Waals surface area contributed by atoms with Crippen LogP contribution in [-0.2, 0) is 11.2 Å². The third-order valence-electron chi connectivity index (χ3n) is 4.24. The highest BCUT2D eigenvalue weighted by molar-refractivity contribution is 6.09. The maximum atomic E-state index is 13.0. The molecular formula is C23H19F2NO3. The molecule has 4 nitrogen and oxygen atoms in total. The van der Waals surface area contributed by atoms with Gasteiger partial charge in [0.15, 0.2) is 12.4 Å². The zero-order valence-corrected chi connectivity index (χ0v) is 15.5. The van der Waals surface area contributed by atoms with Crippen LogP contribution in [0.15, 0.2) is 72.8 Å². The fourth-order valence-corrected chi connectivity index (χ4v) is 2.67. The molecular weight excluding hydrogens is 376 g/mol. The van der Waals surface area contributed by atoms with Gasteiger partial charge in [0.05, 0.1) is 0 Å². The van der Waals surface area contributed by atoms with E-state index in [4.69, 9.17) is 4.74 Å². The number of ketones is 1. The Hall–Kier alpha value is -3.54. The number of hydrogen-bond donors (Lipinski definition) is 1. The van der Waals surface area contributed by atoms with Crippen molar-refractivity contribution in [1.82, 2.24) is 5.32 Å². The van der Waals surface area contributed by atoms with E-state index in [0.29, 0.717) is 29.8 Å². The van der Waals surface area contributed by atoms with Gasteiger partial charge in [-0.1, -0.05) is 12.1 Å². The molecule has 3 rings (SSSR count). The van der Waals surface area contributed by atoms with Crippen LogP contribution in [0.3, 0.4) is 0 Å². The minimum atomic E-state index is -0.402. The first-order chi connectivity index (χ1) is 14.0. The lowest BCUT2D eigenvalue weighted by atomic mass is 10.0. The molecule has 6 heteroatoms. The predicted octanol–water partition coefficient (Wildman–Crippen LogP) is 3.93. The molecule has 148 valence electrons. The second kappa shape index (κ2) is 9.59. The highest BCUT2D eigenvalue weighted by Crippen LogP contribution is 2.16. The van der Waals surface area contributed by atoms with Gasteiger partial charge in [-0.2, -0.15) is 0 Å². The normalized spacial score (nSPS) is 10.4. The summed E-state index contributed by atoms with van der Waals surface area (Å²) in [6.45, 7) is 0.258. The third kappa shape index (κ3) is 5.97. The van der Waals surface area contributed by atoms with E-state index in [2.05, 4.69) is 5.32 Å². The number of carbonyl (C=O) groups is 2. The molecule has 3 aromatic carbocycles. The monoisotopic (exact) mass is 395 g/mol. The maximum absolute atomic E-state index is 13.0. The Morgan fingerprint density at radius 1 is 0.759 bits per heavy atom. The van der Waals surface area contributed by atoms with E-state index in [1.54, 1.807) is 36.4 Å². The third-order valence-corrected chi connectivity index (χ3v) is 4.24. The fourth-order valence-electron chi connectivity index (χ4n) is 2.67. The van der Waals surface area contributed by atoms with Gasteiger partial charge in [-0.25, -0.2) is 8.78 Å². The molecule has 1 N–H and O–H groups in total. The molecule has 0 aliphatic carbocycles. The highest BCUT2D eigenvalue weighted by Gasteiger charge is 2.10. The van der Waals surface area contributed by atoms with Gasteiger partial charge in [0.2, 0.25) is 0 Å². The Morgan fingerprint density at radius 2 is 1.28 bits per heavy atom. The Kier molecular flexibility index (Phi) is 6.68. The average molecular weight is 395 g/mol. The van der Waals surface area contributed by atoms with E-state index in [9.17, 15) is 18.4 Å². The molecule has 0 atom stereocenters. The van der Waals surface area contributed by atoms with E-state index < -0.39 is 5.82 Å². The lowest BCUT2D eigenvalue weighted by Crippen LogP contribution is -2.30. The molecule has 0 unspecified atom stereocenters. The number of ether oxygens (including phenoxy) is 1. The summed E-state index contributed by atoms with van der Waals surface area (Å²) in [6, 6.07) is 17.8. The fraction of sp³-hybridized carbons (Fsp3) is 0.130. The summed E-state index contributed by atoms with van der Waals surface area (Å²) in [6.07, 6.45) is 0.589. The van der Waals surface area contributed by atoms with Crippen molar-refractivity contribution < 1.29 is 23.1 Å². The number of nitrogens with one attached hydrogen (secondary N) is 1. The van der Waals surface area contributed by atoms with Crippen LogP contribution in [0.4, 0.5) is 8.78 Å². The average Bonchev–Trinajstić information content (AvgIpc) is 2.74. The predicted molar refractivity (Wildman–Crippen MR) is 105 cm³/mol. The number of rotatable bonds is 8. The second-order valence-corrected chi connectivity index (χ2v) is 6.38. The minimum absolute atomic E-state index is 0.158. The van der Waals surface area contributed by atoms with E-state index in [1.807, 2.05) is 0 Å². The van der Waals surface area contributed by atoms with Crippen LogP contribution in [0.5, 0.6) is 5.75 Å². The largest absolute Gasteiger partial charge is 0.484 e. The van der Waals surface area contributed by atoms with Crippen molar-refractivity contribution in [2.75, 3.05) is 13.2 Å². The Balaban J connectivity index is 1.44. The van der Waals surface area contributed by atoms with E-state index in [1.165, 1.54) is 36.4 Å². The summed E-state index contributed by atoms with van der Waals surface area (Å²) in [7, 11) is 0. The number of carbonyl (C=O) groups excluding carboxylic acids is 2. The number of halogens is 2. The smallest absolute Gasteiger partial charge is 0.257 e. The van der Waals surface area contributed by atoms with Crippen LogP contribution >= 0.6 is 0 Å². The summed E-state index contributed by atoms with van der Waals surface area (Å²) in [5.74, 6) is -0.749. The molecule has 0 saturated heterocycles. The van der Waals surface area contributed by atoms with Crippen LogP contribution in [0.25, 0.3) is 0 Å². The first-order valence-corrected chi connectivity index (χ1v) is 9.05. The summed E-state index contributed by atoms with van der Waals surface area (Å²) in [4.78, 5) is 24.2. The molecule has 0 spiro atoms. The Morgan fingerprint density at radius 3 is 1.86 bits per heavy atom. The minimum Gasteiger partial charge on any atom is -0.484 e. The molecule has 0 aliphatic heterocycles. The summed E-state index contributed by atoms with van der Waals surface area (Å²) in [5, 5.41) is 2.73. The van der Waals surface area contributed by atoms with Crippen LogP contribution in [0.1, 0.15) is 21.5 Å². The summed E-state index contributed by atoms with van der Waals surface area (Å²) >= 11 is 0. The van der Waals surface area contributed by atoms with Gasteiger partial charge in [0, 0.05) is 17.7 Å². The van der Waals surface area contributed by atoms with Crippen molar-refractivity contribution in [3.8, 4) is 5.75 Å². The van der Waals surface area contributed by atoms with Crippen molar-refractivity contribution in [3.05, 3.63) is 101 Å². The summed E-state index contributed by atoms with van der Waals surface area (Å²) in [5.41, 5.74) is 1.75. The molecule has 0 aliphatic rings. The van der Waals surface area contributed by atoms with Crippen LogP contribution in [0.2, 0.25) is 0 Å². The molecule has 0 saturated carbocycles. The zero-order valence-electron chi connectivity index (χ0n) is 15.5. The number of amides is 1. The van der Waals surface area contributed by atoms with Gasteiger partial charge in [0.1, 0.15) is 17.4 Å². The lowest BCUT2D eigenvalue weighted by molar-refractivity contribution is -0.123. The maximum Gasteiger partial charge on any atom is 0.257 e. The number of hydrogen-bond acceptors (Lipinski definition) is 3. The highest BCUT2D eigenvalue weighted by atomic mass is 19.1. The summed E-state index contributed by atoms with van der Waals surface area (Å²) < 4.78 is 31.2. The number of benzene rings is 3. The van der Waals surface area contributed by atoms with Gasteiger partial charge in [0.25, 0.3) is 5.91 Å². The van der Waals surface area contributed by atoms with Gasteiger partial charge in [-0.05, 0) is 72.6 Å². The van der Waals surface area contributed by atoms with Crippen molar-refractivity contribution in [1.29, 1.82) is 0 Å². The first kappa shape index (κ1) is 20.2. The first-order valence-electron chi connectivity index (χ1n) is 9.05. The SMILES string of the molecule is O=C(COc1ccc(C(=O)c2ccc(F)cc2)cc1)NCCc1ccc(F)cc1. The molecule has 0 bridgehead atoms. The molecule has 0 aromatic heterocycles. The Bertz CT molecular complexity index is 969. The van der Waals surface area contributed by atoms with Gasteiger partial charge in [-0.15, -0.1) is 0 Å². The van der Waals surface area contributed by atoms with Crippen molar-refractivity contribution in [2.45, 2.75) is 6.42 Å². The molecule has 1 amide bonds. The van der Waals surface area contributed by atoms with E-state index in [-0.39, 0.29) is 24.1 Å². The van der Waals surface area contributed by atoms with Crippen LogP contribution in [-0.4, -0.2) is 24.8 Å². The van der Waals surface area contributed by atoms with Crippen molar-refractivity contribution in [2.24, 2.45) is 0 Å². The second-order valence-electron chi connectivity index (χ2n) is 6.38. The van der Waals surface area contributed by atoms with Crippen molar-refractivity contribution in [3.63, 3.8) is 0 Å². The van der Waals surface area contributed by atoms with Gasteiger partial charge >= 0.3 is 0 Å². The van der Waals surface area contributed by atoms with Crippen LogP contribution < -0.4 is 10.1 Å². The van der Waals surface area contributed by atoms with E-state index in [0.717, 1.165) is 5.56 Å². The zero-order chi connectivity index (χ0) is 20.6. The van der Waals surface area contributed by atoms with Crippen LogP contribution in [0, 0.1) is 11.6 Å². The van der Waals surface area contributed by atoms with E-state index >= 15 is 0 Å². The molecule has 0 fully saturated rings. The Labute approximate surface area is 167 Å². The van der Waals surface area contributed by atoms with Crippen molar-refractivity contribution >= 4 is 11.7 Å².